The van der Waals surface area contributed by atoms with Crippen LogP contribution >= 0.6 is 0 Å². The van der Waals surface area contributed by atoms with Crippen molar-refractivity contribution >= 4 is 0 Å². The zero-order valence-electron chi connectivity index (χ0n) is 10.7. The predicted octanol–water partition coefficient (Wildman–Crippen LogP) is 2.72. The van der Waals surface area contributed by atoms with Crippen molar-refractivity contribution in [1.82, 2.24) is 9.97 Å². The number of nitrogens with zero attached hydrogens (tertiary/aromatic N) is 2. The van der Waals surface area contributed by atoms with Gasteiger partial charge in [-0.1, -0.05) is 6.07 Å². The van der Waals surface area contributed by atoms with Crippen LogP contribution in [0, 0.1) is 5.82 Å². The van der Waals surface area contributed by atoms with E-state index in [1.165, 1.54) is 13.2 Å². The number of hydrogen-bond acceptors (Lipinski definition) is 4. The Balaban J connectivity index is 2.35. The molecule has 1 unspecified atom stereocenters. The zero-order valence-corrected chi connectivity index (χ0v) is 10.7. The Kier molecular flexibility index (Phi) is 4.08. The summed E-state index contributed by atoms with van der Waals surface area (Å²) in [5, 5.41) is 10.0. The van der Waals surface area contributed by atoms with E-state index >= 15 is 0 Å². The second-order valence-corrected chi connectivity index (χ2v) is 4.12. The topological polar surface area (TPSA) is 55.2 Å². The van der Waals surface area contributed by atoms with Gasteiger partial charge >= 0.3 is 6.18 Å². The van der Waals surface area contributed by atoms with Gasteiger partial charge in [-0.2, -0.15) is 13.2 Å². The van der Waals surface area contributed by atoms with E-state index in [9.17, 15) is 22.7 Å². The predicted molar refractivity (Wildman–Crippen MR) is 64.0 cm³/mol. The highest BCUT2D eigenvalue weighted by Crippen LogP contribution is 2.33. The highest BCUT2D eigenvalue weighted by atomic mass is 19.4. The fourth-order valence-corrected chi connectivity index (χ4v) is 1.72. The quantitative estimate of drug-likeness (QED) is 0.886. The molecular formula is C13H10F4N2O2. The number of ether oxygens (including phenoxy) is 1. The number of rotatable bonds is 3. The van der Waals surface area contributed by atoms with Crippen LogP contribution in [0.1, 0.15) is 22.9 Å². The molecule has 2 aromatic rings. The number of alkyl halides is 3. The third-order valence-corrected chi connectivity index (χ3v) is 2.77. The second kappa shape index (κ2) is 5.65. The molecular weight excluding hydrogens is 292 g/mol. The first kappa shape index (κ1) is 15.2. The Hall–Kier alpha value is -2.22. The van der Waals surface area contributed by atoms with E-state index < -0.39 is 23.7 Å². The summed E-state index contributed by atoms with van der Waals surface area (Å²) in [6.45, 7) is 0. The molecule has 1 aromatic heterocycles. The first-order valence-electron chi connectivity index (χ1n) is 5.73. The summed E-state index contributed by atoms with van der Waals surface area (Å²) in [6.07, 6.45) is -5.05. The molecule has 0 saturated carbocycles. The molecule has 4 nitrogen and oxygen atoms in total. The highest BCUT2D eigenvalue weighted by molar-refractivity contribution is 5.32. The normalized spacial score (nSPS) is 13.0. The summed E-state index contributed by atoms with van der Waals surface area (Å²) in [5.41, 5.74) is -1.36. The van der Waals surface area contributed by atoms with Crippen LogP contribution in [0.25, 0.3) is 0 Å². The molecule has 2 rings (SSSR count). The van der Waals surface area contributed by atoms with Gasteiger partial charge in [0.15, 0.2) is 0 Å². The van der Waals surface area contributed by atoms with Gasteiger partial charge in [-0.3, -0.25) is 0 Å². The molecule has 1 heterocycles. The van der Waals surface area contributed by atoms with Crippen LogP contribution < -0.4 is 4.74 Å². The first-order valence-corrected chi connectivity index (χ1v) is 5.73. The molecule has 1 atom stereocenters. The van der Waals surface area contributed by atoms with Crippen molar-refractivity contribution in [3.8, 4) is 5.88 Å². The van der Waals surface area contributed by atoms with E-state index in [1.807, 2.05) is 0 Å². The number of benzene rings is 1. The van der Waals surface area contributed by atoms with Gasteiger partial charge in [-0.15, -0.1) is 0 Å². The van der Waals surface area contributed by atoms with Crippen LogP contribution in [0.15, 0.2) is 30.6 Å². The van der Waals surface area contributed by atoms with E-state index in [2.05, 4.69) is 9.97 Å². The highest BCUT2D eigenvalue weighted by Gasteiger charge is 2.34. The third kappa shape index (κ3) is 3.27. The van der Waals surface area contributed by atoms with Crippen LogP contribution in [0.4, 0.5) is 17.6 Å². The lowest BCUT2D eigenvalue weighted by Crippen LogP contribution is -2.10. The molecule has 0 aliphatic heterocycles. The number of hydrogen-bond donors (Lipinski definition) is 1. The van der Waals surface area contributed by atoms with Crippen molar-refractivity contribution in [1.29, 1.82) is 0 Å². The maximum absolute atomic E-state index is 13.5. The van der Waals surface area contributed by atoms with Crippen molar-refractivity contribution in [2.45, 2.75) is 12.3 Å². The van der Waals surface area contributed by atoms with E-state index in [4.69, 9.17) is 4.74 Å². The SMILES string of the molecule is COc1cc(C(O)c2ccc(C(F)(F)F)c(F)c2)ncn1. The van der Waals surface area contributed by atoms with E-state index in [-0.39, 0.29) is 17.1 Å². The number of aliphatic hydroxyl groups excluding tert-OH is 1. The molecule has 112 valence electrons. The van der Waals surface area contributed by atoms with Crippen LogP contribution in [0.2, 0.25) is 0 Å². The Morgan fingerprint density at radius 1 is 1.19 bits per heavy atom. The van der Waals surface area contributed by atoms with E-state index in [0.29, 0.717) is 12.1 Å². The average molecular weight is 302 g/mol. The Morgan fingerprint density at radius 3 is 2.48 bits per heavy atom. The molecule has 8 heteroatoms. The standard InChI is InChI=1S/C13H10F4N2O2/c1-21-11-5-10(18-6-19-11)12(20)7-2-3-8(9(14)4-7)13(15,16)17/h2-6,12,20H,1H3. The summed E-state index contributed by atoms with van der Waals surface area (Å²) < 4.78 is 55.7. The van der Waals surface area contributed by atoms with Gasteiger partial charge in [0.2, 0.25) is 5.88 Å². The minimum atomic E-state index is -4.79. The van der Waals surface area contributed by atoms with Gasteiger partial charge < -0.3 is 9.84 Å². The molecule has 0 aliphatic rings. The number of halogens is 4. The summed E-state index contributed by atoms with van der Waals surface area (Å²) in [4.78, 5) is 7.51. The summed E-state index contributed by atoms with van der Waals surface area (Å²) in [5.74, 6) is -1.29. The van der Waals surface area contributed by atoms with Crippen LogP contribution in [-0.4, -0.2) is 22.2 Å². The summed E-state index contributed by atoms with van der Waals surface area (Å²) in [6, 6.07) is 3.50. The number of aliphatic hydroxyl groups is 1. The van der Waals surface area contributed by atoms with Gasteiger partial charge in [0.1, 0.15) is 18.2 Å². The van der Waals surface area contributed by atoms with Crippen molar-refractivity contribution in [2.24, 2.45) is 0 Å². The van der Waals surface area contributed by atoms with Gasteiger partial charge in [0.05, 0.1) is 18.4 Å². The number of aromatic nitrogens is 2. The Bertz CT molecular complexity index is 646. The van der Waals surface area contributed by atoms with Crippen molar-refractivity contribution in [2.75, 3.05) is 7.11 Å². The van der Waals surface area contributed by atoms with Gasteiger partial charge in [0.25, 0.3) is 0 Å². The van der Waals surface area contributed by atoms with Crippen LogP contribution in [0.5, 0.6) is 5.88 Å². The molecule has 0 radical (unpaired) electrons. The lowest BCUT2D eigenvalue weighted by atomic mass is 10.0. The van der Waals surface area contributed by atoms with E-state index in [1.54, 1.807) is 0 Å². The minimum absolute atomic E-state index is 0.0544. The molecule has 0 saturated heterocycles. The first-order chi connectivity index (χ1) is 9.82. The van der Waals surface area contributed by atoms with Crippen molar-refractivity contribution in [3.63, 3.8) is 0 Å². The molecule has 21 heavy (non-hydrogen) atoms. The van der Waals surface area contributed by atoms with Gasteiger partial charge in [-0.05, 0) is 17.7 Å². The average Bonchev–Trinajstić information content (AvgIpc) is 2.45. The second-order valence-electron chi connectivity index (χ2n) is 4.12. The zero-order chi connectivity index (χ0) is 15.6. The molecule has 0 fully saturated rings. The molecule has 1 N–H and O–H groups in total. The summed E-state index contributed by atoms with van der Waals surface area (Å²) in [7, 11) is 1.36. The lowest BCUT2D eigenvalue weighted by Gasteiger charge is -2.13. The fourth-order valence-electron chi connectivity index (χ4n) is 1.72. The molecule has 0 bridgehead atoms. The fraction of sp³-hybridized carbons (Fsp3) is 0.231. The minimum Gasteiger partial charge on any atom is -0.481 e. The van der Waals surface area contributed by atoms with Crippen LogP contribution in [-0.2, 0) is 6.18 Å². The largest absolute Gasteiger partial charge is 0.481 e. The van der Waals surface area contributed by atoms with Gasteiger partial charge in [-0.25, -0.2) is 14.4 Å². The van der Waals surface area contributed by atoms with Crippen LogP contribution in [0.3, 0.4) is 0 Å². The molecule has 0 amide bonds. The Morgan fingerprint density at radius 2 is 1.90 bits per heavy atom. The summed E-state index contributed by atoms with van der Waals surface area (Å²) >= 11 is 0. The monoisotopic (exact) mass is 302 g/mol. The maximum Gasteiger partial charge on any atom is 0.419 e. The van der Waals surface area contributed by atoms with E-state index in [0.717, 1.165) is 12.4 Å². The smallest absolute Gasteiger partial charge is 0.419 e. The van der Waals surface area contributed by atoms with Gasteiger partial charge in [0, 0.05) is 6.07 Å². The molecule has 0 spiro atoms. The third-order valence-electron chi connectivity index (χ3n) is 2.77. The molecule has 1 aromatic carbocycles. The molecule has 0 aliphatic carbocycles. The van der Waals surface area contributed by atoms with Crippen molar-refractivity contribution < 1.29 is 27.4 Å². The lowest BCUT2D eigenvalue weighted by molar-refractivity contribution is -0.140. The van der Waals surface area contributed by atoms with Crippen molar-refractivity contribution in [3.05, 3.63) is 53.2 Å². The number of methoxy groups -OCH3 is 1. The Labute approximate surface area is 117 Å². The maximum atomic E-state index is 13.5.